The van der Waals surface area contributed by atoms with Crippen molar-refractivity contribution in [1.82, 2.24) is 4.90 Å². The van der Waals surface area contributed by atoms with E-state index in [2.05, 4.69) is 31.9 Å². The van der Waals surface area contributed by atoms with Gasteiger partial charge in [-0.2, -0.15) is 15.8 Å². The molecule has 0 unspecified atom stereocenters. The molecule has 0 amide bonds. The van der Waals surface area contributed by atoms with Crippen molar-refractivity contribution in [3.63, 3.8) is 0 Å². The average molecular weight is 322 g/mol. The molecule has 1 saturated carbocycles. The second-order valence-corrected chi connectivity index (χ2v) is 7.91. The zero-order valence-corrected chi connectivity index (χ0v) is 15.0. The smallest absolute Gasteiger partial charge is 0.134 e. The van der Waals surface area contributed by atoms with Crippen molar-refractivity contribution in [2.24, 2.45) is 11.3 Å². The number of hydrogen-bond donors (Lipinski definition) is 0. The van der Waals surface area contributed by atoms with Gasteiger partial charge in [0.2, 0.25) is 0 Å². The highest BCUT2D eigenvalue weighted by Gasteiger charge is 2.34. The van der Waals surface area contributed by atoms with Crippen LogP contribution in [0.5, 0.6) is 0 Å². The van der Waals surface area contributed by atoms with E-state index in [1.807, 2.05) is 12.1 Å². The zero-order chi connectivity index (χ0) is 17.7. The van der Waals surface area contributed by atoms with Crippen LogP contribution < -0.4 is 0 Å². The van der Waals surface area contributed by atoms with Crippen molar-refractivity contribution < 1.29 is 0 Å². The van der Waals surface area contributed by atoms with E-state index in [4.69, 9.17) is 0 Å². The number of allylic oxidation sites excluding steroid dienone is 4. The summed E-state index contributed by atoms with van der Waals surface area (Å²) in [5, 5.41) is 28.3. The van der Waals surface area contributed by atoms with Gasteiger partial charge in [0, 0.05) is 24.9 Å². The van der Waals surface area contributed by atoms with Gasteiger partial charge in [-0.3, -0.25) is 0 Å². The highest BCUT2D eigenvalue weighted by Crippen LogP contribution is 2.44. The quantitative estimate of drug-likeness (QED) is 0.720. The fourth-order valence-corrected chi connectivity index (χ4v) is 4.04. The Morgan fingerprint density at radius 1 is 1.08 bits per heavy atom. The molecule has 0 radical (unpaired) electrons. The van der Waals surface area contributed by atoms with E-state index in [1.165, 1.54) is 32.1 Å². The molecule has 2 rings (SSSR count). The van der Waals surface area contributed by atoms with Crippen LogP contribution in [0.4, 0.5) is 0 Å². The molecule has 24 heavy (non-hydrogen) atoms. The van der Waals surface area contributed by atoms with E-state index in [0.717, 1.165) is 18.7 Å². The van der Waals surface area contributed by atoms with Gasteiger partial charge in [-0.05, 0) is 37.0 Å². The Labute approximate surface area is 145 Å². The minimum Gasteiger partial charge on any atom is -0.377 e. The molecule has 0 spiro atoms. The Hall–Kier alpha value is -2.25. The van der Waals surface area contributed by atoms with Crippen LogP contribution in [0.1, 0.15) is 58.8 Å². The number of nitrogens with zero attached hydrogens (tertiary/aromatic N) is 4. The fourth-order valence-electron chi connectivity index (χ4n) is 4.04. The van der Waals surface area contributed by atoms with E-state index in [0.29, 0.717) is 23.5 Å². The van der Waals surface area contributed by atoms with Gasteiger partial charge in [0.15, 0.2) is 0 Å². The lowest BCUT2D eigenvalue weighted by atomic mass is 9.72. The van der Waals surface area contributed by atoms with Gasteiger partial charge < -0.3 is 4.90 Å². The first-order valence-corrected chi connectivity index (χ1v) is 8.80. The van der Waals surface area contributed by atoms with E-state index in [9.17, 15) is 15.8 Å². The van der Waals surface area contributed by atoms with Gasteiger partial charge in [0.1, 0.15) is 23.8 Å². The van der Waals surface area contributed by atoms with Crippen LogP contribution in [0.25, 0.3) is 0 Å². The second kappa shape index (κ2) is 7.55. The fraction of sp³-hybridized carbons (Fsp3) is 0.650. The molecule has 0 saturated heterocycles. The van der Waals surface area contributed by atoms with Crippen LogP contribution in [0.2, 0.25) is 0 Å². The monoisotopic (exact) mass is 322 g/mol. The van der Waals surface area contributed by atoms with E-state index >= 15 is 0 Å². The number of rotatable bonds is 3. The topological polar surface area (TPSA) is 74.6 Å². The van der Waals surface area contributed by atoms with Crippen LogP contribution >= 0.6 is 0 Å². The lowest BCUT2D eigenvalue weighted by Crippen LogP contribution is -2.33. The van der Waals surface area contributed by atoms with Gasteiger partial charge in [0.05, 0.1) is 5.57 Å². The summed E-state index contributed by atoms with van der Waals surface area (Å²) in [5.41, 5.74) is 2.21. The number of hydrogen-bond acceptors (Lipinski definition) is 4. The summed E-state index contributed by atoms with van der Waals surface area (Å²) in [6.07, 6.45) is 7.86. The van der Waals surface area contributed by atoms with E-state index < -0.39 is 0 Å². The molecular formula is C20H26N4. The van der Waals surface area contributed by atoms with Gasteiger partial charge in [-0.25, -0.2) is 0 Å². The molecule has 0 aliphatic heterocycles. The highest BCUT2D eigenvalue weighted by molar-refractivity contribution is 5.57. The van der Waals surface area contributed by atoms with Gasteiger partial charge in [0.25, 0.3) is 0 Å². The summed E-state index contributed by atoms with van der Waals surface area (Å²) in [6.45, 7) is 5.24. The third-order valence-corrected chi connectivity index (χ3v) is 5.25. The summed E-state index contributed by atoms with van der Waals surface area (Å²) in [4.78, 5) is 2.21. The van der Waals surface area contributed by atoms with E-state index in [1.54, 1.807) is 0 Å². The molecule has 126 valence electrons. The second-order valence-electron chi connectivity index (χ2n) is 7.91. The van der Waals surface area contributed by atoms with Crippen LogP contribution in [-0.4, -0.2) is 18.5 Å². The maximum Gasteiger partial charge on any atom is 0.134 e. The third kappa shape index (κ3) is 3.98. The first kappa shape index (κ1) is 18.1. The Kier molecular flexibility index (Phi) is 5.69. The lowest BCUT2D eigenvalue weighted by Gasteiger charge is -2.38. The van der Waals surface area contributed by atoms with Gasteiger partial charge in [-0.15, -0.1) is 0 Å². The van der Waals surface area contributed by atoms with Crippen LogP contribution in [0, 0.1) is 45.3 Å². The molecule has 0 heterocycles. The summed E-state index contributed by atoms with van der Waals surface area (Å²) in [6, 6.07) is 6.25. The molecule has 0 bridgehead atoms. The Morgan fingerprint density at radius 3 is 2.25 bits per heavy atom. The van der Waals surface area contributed by atoms with Crippen molar-refractivity contribution >= 4 is 0 Å². The SMILES string of the molecule is CN(CC1CCCCC1)C1=C(C#N)C(=C(C#N)C#N)CC(C)(C)C1. The van der Waals surface area contributed by atoms with E-state index in [-0.39, 0.29) is 11.0 Å². The predicted molar refractivity (Wildman–Crippen MR) is 93.1 cm³/mol. The largest absolute Gasteiger partial charge is 0.377 e. The Morgan fingerprint density at radius 2 is 1.71 bits per heavy atom. The summed E-state index contributed by atoms with van der Waals surface area (Å²) >= 11 is 0. The van der Waals surface area contributed by atoms with Crippen molar-refractivity contribution in [2.75, 3.05) is 13.6 Å². The summed E-state index contributed by atoms with van der Waals surface area (Å²) < 4.78 is 0. The van der Waals surface area contributed by atoms with Gasteiger partial charge in [-0.1, -0.05) is 33.1 Å². The minimum absolute atomic E-state index is 0.0508. The van der Waals surface area contributed by atoms with Crippen LogP contribution in [-0.2, 0) is 0 Å². The molecule has 2 aliphatic carbocycles. The maximum atomic E-state index is 9.71. The molecule has 4 nitrogen and oxygen atoms in total. The van der Waals surface area contributed by atoms with Crippen molar-refractivity contribution in [3.05, 3.63) is 22.4 Å². The highest BCUT2D eigenvalue weighted by atomic mass is 15.1. The first-order valence-electron chi connectivity index (χ1n) is 8.80. The zero-order valence-electron chi connectivity index (χ0n) is 15.0. The van der Waals surface area contributed by atoms with Crippen molar-refractivity contribution in [2.45, 2.75) is 58.8 Å². The summed E-state index contributed by atoms with van der Waals surface area (Å²) in [5.74, 6) is 0.681. The van der Waals surface area contributed by atoms with Crippen molar-refractivity contribution in [3.8, 4) is 18.2 Å². The van der Waals surface area contributed by atoms with Crippen LogP contribution in [0.3, 0.4) is 0 Å². The lowest BCUT2D eigenvalue weighted by molar-refractivity contribution is 0.234. The molecule has 0 aromatic carbocycles. The molecule has 0 atom stereocenters. The first-order chi connectivity index (χ1) is 11.4. The summed E-state index contributed by atoms with van der Waals surface area (Å²) in [7, 11) is 2.05. The average Bonchev–Trinajstić information content (AvgIpc) is 2.55. The molecule has 0 aromatic rings. The molecular weight excluding hydrogens is 296 g/mol. The van der Waals surface area contributed by atoms with Crippen molar-refractivity contribution in [1.29, 1.82) is 15.8 Å². The molecule has 2 aliphatic rings. The molecule has 0 aromatic heterocycles. The normalized spacial score (nSPS) is 20.8. The standard InChI is InChI=1S/C20H26N4/c1-20(2)9-17(16(11-21)12-22)18(13-23)19(10-20)24(3)14-15-7-5-4-6-8-15/h15H,4-10,14H2,1-3H3. The van der Waals surface area contributed by atoms with Gasteiger partial charge >= 0.3 is 0 Å². The molecule has 0 N–H and O–H groups in total. The predicted octanol–water partition coefficient (Wildman–Crippen LogP) is 4.44. The minimum atomic E-state index is -0.0508. The third-order valence-electron chi connectivity index (χ3n) is 5.25. The Bertz CT molecular complexity index is 654. The molecule has 4 heteroatoms. The number of nitriles is 3. The maximum absolute atomic E-state index is 9.71. The molecule has 1 fully saturated rings. The van der Waals surface area contributed by atoms with Crippen LogP contribution in [0.15, 0.2) is 22.4 Å². The Balaban J connectivity index is 2.39.